The summed E-state index contributed by atoms with van der Waals surface area (Å²) in [5.74, 6) is 0.578. The molecule has 7 heteroatoms. The Kier molecular flexibility index (Phi) is 6.78. The minimum Gasteiger partial charge on any atom is -0.497 e. The lowest BCUT2D eigenvalue weighted by atomic mass is 9.88. The fourth-order valence-corrected chi connectivity index (χ4v) is 4.46. The average molecular weight is 442 g/mol. The van der Waals surface area contributed by atoms with Gasteiger partial charge in [0.15, 0.2) is 0 Å². The van der Waals surface area contributed by atoms with E-state index in [-0.39, 0.29) is 17.7 Å². The quantitative estimate of drug-likeness (QED) is 0.643. The van der Waals surface area contributed by atoms with Gasteiger partial charge in [-0.25, -0.2) is 0 Å². The molecule has 2 saturated heterocycles. The van der Waals surface area contributed by atoms with Gasteiger partial charge in [0.05, 0.1) is 7.11 Å². The Hall–Kier alpha value is -2.57. The van der Waals surface area contributed by atoms with E-state index in [1.54, 1.807) is 7.11 Å². The number of nitrogens with zero attached hydrogens (tertiary/aromatic N) is 3. The van der Waals surface area contributed by atoms with Crippen molar-refractivity contribution in [3.8, 4) is 5.75 Å². The number of amides is 2. The lowest BCUT2D eigenvalue weighted by Crippen LogP contribution is -2.51. The van der Waals surface area contributed by atoms with Crippen LogP contribution >= 0.6 is 11.6 Å². The molecule has 2 aliphatic rings. The number of halogens is 1. The van der Waals surface area contributed by atoms with Gasteiger partial charge in [-0.1, -0.05) is 23.7 Å². The predicted octanol–water partition coefficient (Wildman–Crippen LogP) is 3.40. The zero-order valence-corrected chi connectivity index (χ0v) is 18.6. The molecule has 2 aromatic carbocycles. The maximum atomic E-state index is 12.7. The Balaban J connectivity index is 1.26. The zero-order chi connectivity index (χ0) is 21.8. The third-order valence-electron chi connectivity index (χ3n) is 6.24. The van der Waals surface area contributed by atoms with E-state index in [1.165, 1.54) is 10.6 Å². The normalized spacial score (nSPS) is 18.5. The monoisotopic (exact) mass is 441 g/mol. The third-order valence-corrected chi connectivity index (χ3v) is 6.49. The maximum absolute atomic E-state index is 12.7. The van der Waals surface area contributed by atoms with Gasteiger partial charge in [0.1, 0.15) is 5.75 Å². The third kappa shape index (κ3) is 5.20. The second-order valence-electron chi connectivity index (χ2n) is 8.12. The van der Waals surface area contributed by atoms with E-state index in [0.29, 0.717) is 19.4 Å². The van der Waals surface area contributed by atoms with Crippen molar-refractivity contribution in [3.05, 3.63) is 59.1 Å². The molecule has 2 fully saturated rings. The van der Waals surface area contributed by atoms with Crippen LogP contribution in [-0.4, -0.2) is 68.0 Å². The van der Waals surface area contributed by atoms with Crippen LogP contribution in [0.1, 0.15) is 24.3 Å². The van der Waals surface area contributed by atoms with E-state index in [4.69, 9.17) is 16.3 Å². The van der Waals surface area contributed by atoms with Gasteiger partial charge in [0, 0.05) is 68.7 Å². The highest BCUT2D eigenvalue weighted by atomic mass is 35.5. The molecule has 0 radical (unpaired) electrons. The highest BCUT2D eigenvalue weighted by molar-refractivity contribution is 6.30. The number of likely N-dealkylation sites (tertiary alicyclic amines) is 1. The van der Waals surface area contributed by atoms with Gasteiger partial charge in [-0.05, 0) is 42.0 Å². The van der Waals surface area contributed by atoms with Crippen LogP contribution in [0.4, 0.5) is 5.69 Å². The van der Waals surface area contributed by atoms with Crippen molar-refractivity contribution in [3.63, 3.8) is 0 Å². The molecular weight excluding hydrogens is 414 g/mol. The largest absolute Gasteiger partial charge is 0.497 e. The molecule has 31 heavy (non-hydrogen) atoms. The molecule has 6 nitrogen and oxygen atoms in total. The lowest BCUT2D eigenvalue weighted by Gasteiger charge is -2.37. The standard InChI is InChI=1S/C24H28ClN3O3/c1-31-22-8-2-18(3-9-22)19-16-23(29)28(24(30)17-19)15-12-26-10-13-27(14-11-26)21-6-4-20(25)5-7-21/h2-9,19H,10-17H2,1H3. The molecule has 2 aromatic rings. The second kappa shape index (κ2) is 9.71. The fraction of sp³-hybridized carbons (Fsp3) is 0.417. The Morgan fingerprint density at radius 2 is 1.48 bits per heavy atom. The first-order valence-corrected chi connectivity index (χ1v) is 11.1. The molecule has 0 spiro atoms. The van der Waals surface area contributed by atoms with Gasteiger partial charge in [-0.3, -0.25) is 19.4 Å². The minimum absolute atomic E-state index is 0.0509. The van der Waals surface area contributed by atoms with Crippen LogP contribution in [0.25, 0.3) is 0 Å². The minimum atomic E-state index is -0.0723. The van der Waals surface area contributed by atoms with Crippen molar-refractivity contribution >= 4 is 29.1 Å². The van der Waals surface area contributed by atoms with Crippen LogP contribution in [0.15, 0.2) is 48.5 Å². The van der Waals surface area contributed by atoms with Crippen molar-refractivity contribution in [2.75, 3.05) is 51.3 Å². The number of carbonyl (C=O) groups excluding carboxylic acids is 2. The van der Waals surface area contributed by atoms with Gasteiger partial charge in [-0.2, -0.15) is 0 Å². The number of carbonyl (C=O) groups is 2. The van der Waals surface area contributed by atoms with Gasteiger partial charge < -0.3 is 9.64 Å². The number of piperazine rings is 1. The zero-order valence-electron chi connectivity index (χ0n) is 17.8. The van der Waals surface area contributed by atoms with Crippen molar-refractivity contribution < 1.29 is 14.3 Å². The molecule has 0 saturated carbocycles. The Bertz CT molecular complexity index is 891. The summed E-state index contributed by atoms with van der Waals surface area (Å²) in [4.78, 5) is 31.5. The van der Waals surface area contributed by atoms with Gasteiger partial charge >= 0.3 is 0 Å². The fourth-order valence-electron chi connectivity index (χ4n) is 4.34. The first-order valence-electron chi connectivity index (χ1n) is 10.7. The SMILES string of the molecule is COc1ccc(C2CC(=O)N(CCN3CCN(c4ccc(Cl)cc4)CC3)C(=O)C2)cc1. The molecule has 2 amide bonds. The number of ether oxygens (including phenoxy) is 1. The van der Waals surface area contributed by atoms with Crippen molar-refractivity contribution in [1.29, 1.82) is 0 Å². The smallest absolute Gasteiger partial charge is 0.229 e. The summed E-state index contributed by atoms with van der Waals surface area (Å²) in [5.41, 5.74) is 2.19. The van der Waals surface area contributed by atoms with E-state index in [2.05, 4.69) is 9.80 Å². The summed E-state index contributed by atoms with van der Waals surface area (Å²) in [7, 11) is 1.62. The van der Waals surface area contributed by atoms with Gasteiger partial charge in [-0.15, -0.1) is 0 Å². The first-order chi connectivity index (χ1) is 15.0. The number of hydrogen-bond acceptors (Lipinski definition) is 5. The molecule has 2 aliphatic heterocycles. The highest BCUT2D eigenvalue weighted by Crippen LogP contribution is 2.30. The Morgan fingerprint density at radius 3 is 2.06 bits per heavy atom. The average Bonchev–Trinajstić information content (AvgIpc) is 2.79. The van der Waals surface area contributed by atoms with E-state index in [1.807, 2.05) is 48.5 Å². The molecule has 0 aliphatic carbocycles. The summed E-state index contributed by atoms with van der Waals surface area (Å²) in [6.45, 7) is 4.85. The van der Waals surface area contributed by atoms with Crippen LogP contribution in [-0.2, 0) is 9.59 Å². The summed E-state index contributed by atoms with van der Waals surface area (Å²) in [6, 6.07) is 15.6. The highest BCUT2D eigenvalue weighted by Gasteiger charge is 2.33. The van der Waals surface area contributed by atoms with Crippen LogP contribution in [0.3, 0.4) is 0 Å². The number of piperidine rings is 1. The predicted molar refractivity (Wildman–Crippen MR) is 122 cm³/mol. The number of rotatable bonds is 6. The molecule has 0 atom stereocenters. The molecule has 0 bridgehead atoms. The molecule has 0 aromatic heterocycles. The number of benzene rings is 2. The number of anilines is 1. The summed E-state index contributed by atoms with van der Waals surface area (Å²) < 4.78 is 5.19. The molecular formula is C24H28ClN3O3. The van der Waals surface area contributed by atoms with Gasteiger partial charge in [0.25, 0.3) is 0 Å². The van der Waals surface area contributed by atoms with Gasteiger partial charge in [0.2, 0.25) is 11.8 Å². The summed E-state index contributed by atoms with van der Waals surface area (Å²) in [6.07, 6.45) is 0.755. The van der Waals surface area contributed by atoms with E-state index in [9.17, 15) is 9.59 Å². The number of imide groups is 1. The topological polar surface area (TPSA) is 53.1 Å². The van der Waals surface area contributed by atoms with Crippen LogP contribution in [0.2, 0.25) is 5.02 Å². The second-order valence-corrected chi connectivity index (χ2v) is 8.56. The summed E-state index contributed by atoms with van der Waals surface area (Å²) >= 11 is 5.98. The van der Waals surface area contributed by atoms with Crippen LogP contribution in [0, 0.1) is 0 Å². The van der Waals surface area contributed by atoms with Crippen molar-refractivity contribution in [2.24, 2.45) is 0 Å². The Labute approximate surface area is 188 Å². The van der Waals surface area contributed by atoms with Crippen molar-refractivity contribution in [2.45, 2.75) is 18.8 Å². The van der Waals surface area contributed by atoms with E-state index in [0.717, 1.165) is 49.1 Å². The molecule has 0 unspecified atom stereocenters. The van der Waals surface area contributed by atoms with E-state index >= 15 is 0 Å². The molecule has 4 rings (SSSR count). The number of hydrogen-bond donors (Lipinski definition) is 0. The summed E-state index contributed by atoms with van der Waals surface area (Å²) in [5, 5.41) is 0.743. The molecule has 164 valence electrons. The maximum Gasteiger partial charge on any atom is 0.229 e. The lowest BCUT2D eigenvalue weighted by molar-refractivity contribution is -0.148. The first kappa shape index (κ1) is 21.7. The molecule has 2 heterocycles. The van der Waals surface area contributed by atoms with Crippen LogP contribution < -0.4 is 9.64 Å². The van der Waals surface area contributed by atoms with Crippen LogP contribution in [0.5, 0.6) is 5.75 Å². The van der Waals surface area contributed by atoms with E-state index < -0.39 is 0 Å². The molecule has 0 N–H and O–H groups in total. The Morgan fingerprint density at radius 1 is 0.871 bits per heavy atom. The van der Waals surface area contributed by atoms with Crippen molar-refractivity contribution in [1.82, 2.24) is 9.80 Å². The number of methoxy groups -OCH3 is 1.